The Morgan fingerprint density at radius 3 is 3.00 bits per heavy atom. The van der Waals surface area contributed by atoms with Crippen molar-refractivity contribution in [2.24, 2.45) is 5.92 Å². The standard InChI is InChI=1S/C14H13BrN2O/c15-8-10-7-14(18)17(9-10)13-5-1-4-12-11(13)3-2-6-16-12/h1-6,10H,7-9H2. The predicted octanol–water partition coefficient (Wildman–Crippen LogP) is 2.98. The Labute approximate surface area is 114 Å². The summed E-state index contributed by atoms with van der Waals surface area (Å²) in [7, 11) is 0. The quantitative estimate of drug-likeness (QED) is 0.799. The monoisotopic (exact) mass is 304 g/mol. The van der Waals surface area contributed by atoms with Crippen LogP contribution in [-0.2, 0) is 4.79 Å². The van der Waals surface area contributed by atoms with Gasteiger partial charge >= 0.3 is 0 Å². The van der Waals surface area contributed by atoms with Crippen molar-refractivity contribution >= 4 is 38.4 Å². The number of hydrogen-bond donors (Lipinski definition) is 0. The molecule has 1 fully saturated rings. The average molecular weight is 305 g/mol. The first-order valence-corrected chi connectivity index (χ1v) is 7.12. The zero-order valence-electron chi connectivity index (χ0n) is 9.84. The average Bonchev–Trinajstić information content (AvgIpc) is 2.79. The van der Waals surface area contributed by atoms with Gasteiger partial charge < -0.3 is 4.90 Å². The summed E-state index contributed by atoms with van der Waals surface area (Å²) in [5.41, 5.74) is 1.92. The van der Waals surface area contributed by atoms with Gasteiger partial charge in [0, 0.05) is 29.9 Å². The summed E-state index contributed by atoms with van der Waals surface area (Å²) in [5, 5.41) is 1.92. The van der Waals surface area contributed by atoms with Crippen molar-refractivity contribution in [3.05, 3.63) is 36.5 Å². The number of carbonyl (C=O) groups excluding carboxylic acids is 1. The first-order valence-electron chi connectivity index (χ1n) is 5.99. The number of hydrogen-bond acceptors (Lipinski definition) is 2. The number of alkyl halides is 1. The van der Waals surface area contributed by atoms with Crippen molar-refractivity contribution in [3.8, 4) is 0 Å². The molecular weight excluding hydrogens is 292 g/mol. The second kappa shape index (κ2) is 4.69. The van der Waals surface area contributed by atoms with Crippen LogP contribution in [0.2, 0.25) is 0 Å². The van der Waals surface area contributed by atoms with Crippen molar-refractivity contribution in [1.82, 2.24) is 4.98 Å². The fourth-order valence-corrected chi connectivity index (χ4v) is 2.87. The second-order valence-corrected chi connectivity index (χ2v) is 5.22. The van der Waals surface area contributed by atoms with Crippen LogP contribution in [0.1, 0.15) is 6.42 Å². The Kier molecular flexibility index (Phi) is 3.04. The van der Waals surface area contributed by atoms with Gasteiger partial charge in [-0.1, -0.05) is 22.0 Å². The summed E-state index contributed by atoms with van der Waals surface area (Å²) in [6.07, 6.45) is 2.40. The van der Waals surface area contributed by atoms with Crippen molar-refractivity contribution in [1.29, 1.82) is 0 Å². The molecule has 0 saturated carbocycles. The van der Waals surface area contributed by atoms with E-state index in [1.165, 1.54) is 0 Å². The van der Waals surface area contributed by atoms with Crippen LogP contribution in [0.25, 0.3) is 10.9 Å². The summed E-state index contributed by atoms with van der Waals surface area (Å²) in [4.78, 5) is 18.3. The maximum atomic E-state index is 12.1. The van der Waals surface area contributed by atoms with Gasteiger partial charge in [0.15, 0.2) is 0 Å². The minimum absolute atomic E-state index is 0.204. The molecule has 1 aliphatic heterocycles. The van der Waals surface area contributed by atoms with E-state index in [2.05, 4.69) is 20.9 Å². The molecule has 1 aromatic carbocycles. The lowest BCUT2D eigenvalue weighted by molar-refractivity contribution is -0.117. The summed E-state index contributed by atoms with van der Waals surface area (Å²) in [6.45, 7) is 0.790. The summed E-state index contributed by atoms with van der Waals surface area (Å²) in [6, 6.07) is 9.86. The van der Waals surface area contributed by atoms with Gasteiger partial charge in [-0.25, -0.2) is 0 Å². The van der Waals surface area contributed by atoms with Crippen molar-refractivity contribution in [2.75, 3.05) is 16.8 Å². The van der Waals surface area contributed by atoms with Crippen LogP contribution in [0.4, 0.5) is 5.69 Å². The molecule has 1 amide bonds. The van der Waals surface area contributed by atoms with Crippen LogP contribution in [0.5, 0.6) is 0 Å². The van der Waals surface area contributed by atoms with Gasteiger partial charge in [0.25, 0.3) is 0 Å². The molecule has 0 bridgehead atoms. The number of halogens is 1. The number of aromatic nitrogens is 1. The van der Waals surface area contributed by atoms with E-state index in [0.717, 1.165) is 28.5 Å². The first kappa shape index (κ1) is 11.7. The van der Waals surface area contributed by atoms with E-state index in [0.29, 0.717) is 12.3 Å². The summed E-state index contributed by atoms with van der Waals surface area (Å²) >= 11 is 3.46. The minimum Gasteiger partial charge on any atom is -0.311 e. The number of carbonyl (C=O) groups is 1. The zero-order valence-corrected chi connectivity index (χ0v) is 11.4. The maximum Gasteiger partial charge on any atom is 0.227 e. The van der Waals surface area contributed by atoms with Gasteiger partial charge in [-0.05, 0) is 30.2 Å². The minimum atomic E-state index is 0.204. The zero-order chi connectivity index (χ0) is 12.5. The molecule has 1 saturated heterocycles. The number of rotatable bonds is 2. The topological polar surface area (TPSA) is 33.2 Å². The number of pyridine rings is 1. The van der Waals surface area contributed by atoms with Gasteiger partial charge in [0.2, 0.25) is 5.91 Å². The predicted molar refractivity (Wildman–Crippen MR) is 76.0 cm³/mol. The number of benzene rings is 1. The number of fused-ring (bicyclic) bond motifs is 1. The lowest BCUT2D eigenvalue weighted by Gasteiger charge is -2.18. The molecule has 3 rings (SSSR count). The van der Waals surface area contributed by atoms with Crippen LogP contribution in [0, 0.1) is 5.92 Å². The highest BCUT2D eigenvalue weighted by molar-refractivity contribution is 9.09. The summed E-state index contributed by atoms with van der Waals surface area (Å²) in [5.74, 6) is 0.611. The lowest BCUT2D eigenvalue weighted by atomic mass is 10.1. The molecule has 18 heavy (non-hydrogen) atoms. The third kappa shape index (κ3) is 1.90. The van der Waals surface area contributed by atoms with Gasteiger partial charge in [-0.15, -0.1) is 0 Å². The van der Waals surface area contributed by atoms with E-state index in [1.54, 1.807) is 6.20 Å². The van der Waals surface area contributed by atoms with Crippen LogP contribution >= 0.6 is 15.9 Å². The van der Waals surface area contributed by atoms with E-state index in [1.807, 2.05) is 35.2 Å². The fourth-order valence-electron chi connectivity index (χ4n) is 2.44. The molecule has 0 radical (unpaired) electrons. The normalized spacial score (nSPS) is 19.7. The largest absolute Gasteiger partial charge is 0.311 e. The Bertz CT molecular complexity index is 594. The molecule has 1 aromatic heterocycles. The summed E-state index contributed by atoms with van der Waals surface area (Å²) < 4.78 is 0. The Morgan fingerprint density at radius 2 is 2.22 bits per heavy atom. The third-order valence-electron chi connectivity index (χ3n) is 3.34. The SMILES string of the molecule is O=C1CC(CBr)CN1c1cccc2ncccc12. The number of anilines is 1. The van der Waals surface area contributed by atoms with Gasteiger partial charge in [-0.2, -0.15) is 0 Å². The van der Waals surface area contributed by atoms with Crippen molar-refractivity contribution < 1.29 is 4.79 Å². The van der Waals surface area contributed by atoms with E-state index in [9.17, 15) is 4.79 Å². The van der Waals surface area contributed by atoms with Gasteiger partial charge in [0.05, 0.1) is 11.2 Å². The molecule has 1 atom stereocenters. The Morgan fingerprint density at radius 1 is 1.33 bits per heavy atom. The fraction of sp³-hybridized carbons (Fsp3) is 0.286. The highest BCUT2D eigenvalue weighted by atomic mass is 79.9. The van der Waals surface area contributed by atoms with E-state index < -0.39 is 0 Å². The molecule has 0 aliphatic carbocycles. The molecule has 0 N–H and O–H groups in total. The third-order valence-corrected chi connectivity index (χ3v) is 4.25. The molecule has 0 spiro atoms. The highest BCUT2D eigenvalue weighted by Gasteiger charge is 2.30. The second-order valence-electron chi connectivity index (χ2n) is 4.58. The molecular formula is C14H13BrN2O. The Hall–Kier alpha value is -1.42. The molecule has 92 valence electrons. The van der Waals surface area contributed by atoms with Crippen LogP contribution in [0.3, 0.4) is 0 Å². The Balaban J connectivity index is 2.07. The molecule has 2 heterocycles. The van der Waals surface area contributed by atoms with Crippen LogP contribution in [0.15, 0.2) is 36.5 Å². The molecule has 1 aliphatic rings. The van der Waals surface area contributed by atoms with Crippen LogP contribution in [-0.4, -0.2) is 22.8 Å². The van der Waals surface area contributed by atoms with E-state index in [4.69, 9.17) is 0 Å². The highest BCUT2D eigenvalue weighted by Crippen LogP contribution is 2.31. The maximum absolute atomic E-state index is 12.1. The van der Waals surface area contributed by atoms with Crippen molar-refractivity contribution in [3.63, 3.8) is 0 Å². The number of nitrogens with zero attached hydrogens (tertiary/aromatic N) is 2. The number of amides is 1. The van der Waals surface area contributed by atoms with Gasteiger partial charge in [0.1, 0.15) is 0 Å². The molecule has 1 unspecified atom stereocenters. The first-order chi connectivity index (χ1) is 8.79. The van der Waals surface area contributed by atoms with E-state index in [-0.39, 0.29) is 5.91 Å². The lowest BCUT2D eigenvalue weighted by Crippen LogP contribution is -2.24. The molecule has 2 aromatic rings. The smallest absolute Gasteiger partial charge is 0.227 e. The molecule has 4 heteroatoms. The van der Waals surface area contributed by atoms with Gasteiger partial charge in [-0.3, -0.25) is 9.78 Å². The van der Waals surface area contributed by atoms with Crippen LogP contribution < -0.4 is 4.90 Å². The van der Waals surface area contributed by atoms with E-state index >= 15 is 0 Å². The van der Waals surface area contributed by atoms with Crippen molar-refractivity contribution in [2.45, 2.75) is 6.42 Å². The molecule has 3 nitrogen and oxygen atoms in total.